The van der Waals surface area contributed by atoms with Crippen LogP contribution in [0.15, 0.2) is 30.5 Å². The lowest BCUT2D eigenvalue weighted by atomic mass is 9.90. The molecule has 1 amide bonds. The highest BCUT2D eigenvalue weighted by Gasteiger charge is 2.33. The summed E-state index contributed by atoms with van der Waals surface area (Å²) in [6, 6.07) is 7.51. The molecule has 0 aliphatic carbocycles. The third-order valence-corrected chi connectivity index (χ3v) is 5.04. The average Bonchev–Trinajstić information content (AvgIpc) is 3.10. The van der Waals surface area contributed by atoms with Gasteiger partial charge in [-0.1, -0.05) is 26.0 Å². The Morgan fingerprint density at radius 2 is 2.04 bits per heavy atom. The minimum Gasteiger partial charge on any atom is -0.494 e. The van der Waals surface area contributed by atoms with Crippen molar-refractivity contribution in [2.24, 2.45) is 11.8 Å². The number of aromatic nitrogens is 2. The van der Waals surface area contributed by atoms with Crippen LogP contribution >= 0.6 is 0 Å². The summed E-state index contributed by atoms with van der Waals surface area (Å²) in [5.41, 5.74) is 2.07. The molecular weight excluding hydrogens is 346 g/mol. The highest BCUT2D eigenvalue weighted by atomic mass is 16.5. The summed E-state index contributed by atoms with van der Waals surface area (Å²) in [6.07, 6.45) is 2.79. The molecule has 27 heavy (non-hydrogen) atoms. The van der Waals surface area contributed by atoms with Crippen molar-refractivity contribution >= 4 is 11.9 Å². The molecule has 2 atom stereocenters. The van der Waals surface area contributed by atoms with Gasteiger partial charge in [0, 0.05) is 13.1 Å². The summed E-state index contributed by atoms with van der Waals surface area (Å²) in [4.78, 5) is 26.2. The van der Waals surface area contributed by atoms with Crippen LogP contribution in [0.5, 0.6) is 5.75 Å². The normalized spacial score (nSPS) is 19.7. The smallest absolute Gasteiger partial charge is 0.308 e. The molecule has 1 aliphatic rings. The molecule has 0 saturated carbocycles. The van der Waals surface area contributed by atoms with Crippen molar-refractivity contribution in [2.75, 3.05) is 20.2 Å². The second-order valence-electron chi connectivity index (χ2n) is 7.03. The van der Waals surface area contributed by atoms with E-state index in [4.69, 9.17) is 4.74 Å². The van der Waals surface area contributed by atoms with Crippen molar-refractivity contribution in [3.63, 3.8) is 0 Å². The van der Waals surface area contributed by atoms with Gasteiger partial charge in [-0.2, -0.15) is 5.10 Å². The van der Waals surface area contributed by atoms with Gasteiger partial charge in [-0.25, -0.2) is 4.68 Å². The number of nitrogens with zero attached hydrogens (tertiary/aromatic N) is 3. The second kappa shape index (κ2) is 7.82. The Morgan fingerprint density at radius 3 is 2.70 bits per heavy atom. The van der Waals surface area contributed by atoms with Crippen LogP contribution < -0.4 is 4.74 Å². The van der Waals surface area contributed by atoms with Gasteiger partial charge in [-0.05, 0) is 30.9 Å². The lowest BCUT2D eigenvalue weighted by Crippen LogP contribution is -2.45. The van der Waals surface area contributed by atoms with E-state index in [-0.39, 0.29) is 18.4 Å². The highest BCUT2D eigenvalue weighted by Crippen LogP contribution is 2.27. The number of piperidine rings is 1. The van der Waals surface area contributed by atoms with E-state index in [1.807, 2.05) is 38.1 Å². The number of ether oxygens (including phenoxy) is 1. The third kappa shape index (κ3) is 3.67. The molecule has 1 N–H and O–H groups in total. The molecule has 2 aromatic rings. The Bertz CT molecular complexity index is 846. The van der Waals surface area contributed by atoms with E-state index in [0.717, 1.165) is 11.4 Å². The minimum absolute atomic E-state index is 0.151. The number of carboxylic acid groups (broad SMARTS) is 1. The van der Waals surface area contributed by atoms with E-state index in [9.17, 15) is 14.7 Å². The molecule has 7 heteroatoms. The fourth-order valence-electron chi connectivity index (χ4n) is 3.77. The predicted molar refractivity (Wildman–Crippen MR) is 100 cm³/mol. The molecule has 1 aliphatic heterocycles. The summed E-state index contributed by atoms with van der Waals surface area (Å²) in [6.45, 7) is 4.75. The third-order valence-electron chi connectivity index (χ3n) is 5.04. The van der Waals surface area contributed by atoms with Gasteiger partial charge in [-0.3, -0.25) is 9.59 Å². The molecule has 1 saturated heterocycles. The zero-order valence-corrected chi connectivity index (χ0v) is 15.9. The van der Waals surface area contributed by atoms with Gasteiger partial charge in [0.25, 0.3) is 5.91 Å². The van der Waals surface area contributed by atoms with Crippen LogP contribution in [0.25, 0.3) is 5.69 Å². The molecule has 7 nitrogen and oxygen atoms in total. The first-order valence-corrected chi connectivity index (χ1v) is 9.18. The Kier molecular flexibility index (Phi) is 5.48. The van der Waals surface area contributed by atoms with Crippen molar-refractivity contribution in [2.45, 2.75) is 26.7 Å². The van der Waals surface area contributed by atoms with Crippen molar-refractivity contribution in [3.05, 3.63) is 41.7 Å². The summed E-state index contributed by atoms with van der Waals surface area (Å²) < 4.78 is 7.15. The number of aliphatic carboxylic acids is 1. The number of hydrogen-bond donors (Lipinski definition) is 1. The zero-order valence-electron chi connectivity index (χ0n) is 15.9. The topological polar surface area (TPSA) is 84.7 Å². The largest absolute Gasteiger partial charge is 0.494 e. The molecule has 3 rings (SSSR count). The van der Waals surface area contributed by atoms with Crippen molar-refractivity contribution in [1.29, 1.82) is 0 Å². The number of amides is 1. The number of carboxylic acids is 1. The molecule has 0 bridgehead atoms. The zero-order chi connectivity index (χ0) is 19.6. The molecular formula is C20H25N3O4. The van der Waals surface area contributed by atoms with Gasteiger partial charge in [0.05, 0.1) is 30.5 Å². The maximum atomic E-state index is 13.1. The number of benzene rings is 1. The maximum absolute atomic E-state index is 13.1. The first kappa shape index (κ1) is 18.9. The van der Waals surface area contributed by atoms with Crippen molar-refractivity contribution in [1.82, 2.24) is 14.7 Å². The van der Waals surface area contributed by atoms with Crippen LogP contribution in [0.4, 0.5) is 0 Å². The van der Waals surface area contributed by atoms with E-state index in [0.29, 0.717) is 30.7 Å². The predicted octanol–water partition coefficient (Wildman–Crippen LogP) is 2.63. The second-order valence-corrected chi connectivity index (χ2v) is 7.03. The molecule has 1 aromatic carbocycles. The number of carbonyl (C=O) groups is 2. The van der Waals surface area contributed by atoms with Crippen LogP contribution in [0.2, 0.25) is 0 Å². The summed E-state index contributed by atoms with van der Waals surface area (Å²) in [7, 11) is 1.60. The van der Waals surface area contributed by atoms with E-state index in [2.05, 4.69) is 5.10 Å². The molecule has 0 spiro atoms. The van der Waals surface area contributed by atoms with Crippen LogP contribution in [-0.4, -0.2) is 51.9 Å². The van der Waals surface area contributed by atoms with E-state index in [1.54, 1.807) is 22.9 Å². The standard InChI is InChI=1S/C20H25N3O4/c1-4-16-15(10-21-23(16)17-7-5-6-8-18(17)27-3)19(24)22-11-13(2)9-14(12-22)20(25)26/h5-8,10,13-14H,4,9,11-12H2,1-3H3,(H,25,26). The van der Waals surface area contributed by atoms with Gasteiger partial charge in [-0.15, -0.1) is 0 Å². The Labute approximate surface area is 158 Å². The molecule has 1 fully saturated rings. The van der Waals surface area contributed by atoms with Gasteiger partial charge in [0.1, 0.15) is 11.4 Å². The number of carbonyl (C=O) groups excluding carboxylic acids is 1. The van der Waals surface area contributed by atoms with Crippen LogP contribution in [0, 0.1) is 11.8 Å². The molecule has 2 unspecified atom stereocenters. The SMILES string of the molecule is CCc1c(C(=O)N2CC(C)CC(C(=O)O)C2)cnn1-c1ccccc1OC. The van der Waals surface area contributed by atoms with Gasteiger partial charge < -0.3 is 14.7 Å². The Morgan fingerprint density at radius 1 is 1.30 bits per heavy atom. The summed E-state index contributed by atoms with van der Waals surface area (Å²) in [5, 5.41) is 13.8. The number of rotatable bonds is 5. The lowest BCUT2D eigenvalue weighted by molar-refractivity contribution is -0.143. The lowest BCUT2D eigenvalue weighted by Gasteiger charge is -2.34. The van der Waals surface area contributed by atoms with Crippen LogP contribution in [-0.2, 0) is 11.2 Å². The van der Waals surface area contributed by atoms with Gasteiger partial charge in [0.2, 0.25) is 0 Å². The molecule has 1 aromatic heterocycles. The van der Waals surface area contributed by atoms with Crippen molar-refractivity contribution in [3.8, 4) is 11.4 Å². The summed E-state index contributed by atoms with van der Waals surface area (Å²) >= 11 is 0. The number of para-hydroxylation sites is 2. The number of methoxy groups -OCH3 is 1. The Balaban J connectivity index is 1.94. The molecule has 0 radical (unpaired) electrons. The summed E-state index contributed by atoms with van der Waals surface area (Å²) in [5.74, 6) is -0.706. The van der Waals surface area contributed by atoms with E-state index < -0.39 is 11.9 Å². The quantitative estimate of drug-likeness (QED) is 0.873. The van der Waals surface area contributed by atoms with Crippen molar-refractivity contribution < 1.29 is 19.4 Å². The van der Waals surface area contributed by atoms with E-state index >= 15 is 0 Å². The molecule has 2 heterocycles. The first-order chi connectivity index (χ1) is 13.0. The molecule has 144 valence electrons. The monoisotopic (exact) mass is 371 g/mol. The fourth-order valence-corrected chi connectivity index (χ4v) is 3.77. The number of hydrogen-bond acceptors (Lipinski definition) is 4. The fraction of sp³-hybridized carbons (Fsp3) is 0.450. The van der Waals surface area contributed by atoms with Gasteiger partial charge in [0.15, 0.2) is 0 Å². The number of likely N-dealkylation sites (tertiary alicyclic amines) is 1. The van der Waals surface area contributed by atoms with E-state index in [1.165, 1.54) is 0 Å². The highest BCUT2D eigenvalue weighted by molar-refractivity contribution is 5.95. The van der Waals surface area contributed by atoms with Gasteiger partial charge >= 0.3 is 5.97 Å². The average molecular weight is 371 g/mol. The van der Waals surface area contributed by atoms with Crippen LogP contribution in [0.1, 0.15) is 36.3 Å². The minimum atomic E-state index is -0.847. The van der Waals surface area contributed by atoms with Crippen LogP contribution in [0.3, 0.4) is 0 Å². The Hall–Kier alpha value is -2.83. The first-order valence-electron chi connectivity index (χ1n) is 9.18. The maximum Gasteiger partial charge on any atom is 0.308 e.